The topological polar surface area (TPSA) is 33.5 Å². The first-order valence-corrected chi connectivity index (χ1v) is 9.79. The van der Waals surface area contributed by atoms with E-state index in [4.69, 9.17) is 4.42 Å². The molecular formula is C21H23NO2S. The van der Waals surface area contributed by atoms with Crippen molar-refractivity contribution in [3.05, 3.63) is 67.2 Å². The molecule has 25 heavy (non-hydrogen) atoms. The second kappa shape index (κ2) is 6.43. The standard InChI is InChI=1S/C21H23NO2S/c1-4-18-16-6-8-25-20(16)5-7-22(18)12-15-11-21(23)24-19-10-14(3)13(2)9-17(15)19/h6,8-11,18H,4-5,7,12H2,1-3H3/t18-/m0/s1. The summed E-state index contributed by atoms with van der Waals surface area (Å²) in [4.78, 5) is 16.1. The fraction of sp³-hybridized carbons (Fsp3) is 0.381. The first kappa shape index (κ1) is 16.6. The van der Waals surface area contributed by atoms with Gasteiger partial charge in [0.25, 0.3) is 0 Å². The van der Waals surface area contributed by atoms with Crippen LogP contribution in [-0.2, 0) is 13.0 Å². The zero-order valence-corrected chi connectivity index (χ0v) is 15.8. The van der Waals surface area contributed by atoms with Crippen molar-refractivity contribution in [2.75, 3.05) is 6.54 Å². The lowest BCUT2D eigenvalue weighted by Gasteiger charge is -2.35. The molecule has 0 radical (unpaired) electrons. The van der Waals surface area contributed by atoms with Gasteiger partial charge in [0, 0.05) is 35.5 Å². The highest BCUT2D eigenvalue weighted by Gasteiger charge is 2.27. The summed E-state index contributed by atoms with van der Waals surface area (Å²) in [6.07, 6.45) is 2.18. The van der Waals surface area contributed by atoms with E-state index in [2.05, 4.69) is 43.2 Å². The SMILES string of the molecule is CC[C@H]1c2ccsc2CCN1Cc1cc(=O)oc2cc(C)c(C)cc12. The molecule has 0 aliphatic carbocycles. The number of benzene rings is 1. The van der Waals surface area contributed by atoms with Crippen molar-refractivity contribution >= 4 is 22.3 Å². The Balaban J connectivity index is 1.76. The summed E-state index contributed by atoms with van der Waals surface area (Å²) in [5.41, 5.74) is 5.37. The summed E-state index contributed by atoms with van der Waals surface area (Å²) < 4.78 is 5.45. The Labute approximate surface area is 151 Å². The number of thiophene rings is 1. The van der Waals surface area contributed by atoms with E-state index in [1.165, 1.54) is 16.0 Å². The van der Waals surface area contributed by atoms with Gasteiger partial charge < -0.3 is 4.42 Å². The average Bonchev–Trinajstić information content (AvgIpc) is 3.05. The molecule has 2 aromatic heterocycles. The second-order valence-electron chi connectivity index (χ2n) is 6.97. The Hall–Kier alpha value is -1.91. The van der Waals surface area contributed by atoms with Gasteiger partial charge in [-0.3, -0.25) is 4.90 Å². The molecule has 0 amide bonds. The van der Waals surface area contributed by atoms with Crippen LogP contribution in [0.1, 0.15) is 46.5 Å². The number of fused-ring (bicyclic) bond motifs is 2. The Morgan fingerprint density at radius 3 is 2.84 bits per heavy atom. The molecule has 0 saturated carbocycles. The normalized spacial score (nSPS) is 17.8. The van der Waals surface area contributed by atoms with Crippen LogP contribution in [0, 0.1) is 13.8 Å². The van der Waals surface area contributed by atoms with E-state index < -0.39 is 0 Å². The fourth-order valence-electron chi connectivity index (χ4n) is 3.95. The van der Waals surface area contributed by atoms with Gasteiger partial charge in [0.2, 0.25) is 0 Å². The quantitative estimate of drug-likeness (QED) is 0.623. The minimum absolute atomic E-state index is 0.257. The number of hydrogen-bond donors (Lipinski definition) is 0. The van der Waals surface area contributed by atoms with Crippen molar-refractivity contribution in [2.24, 2.45) is 0 Å². The second-order valence-corrected chi connectivity index (χ2v) is 7.97. The first-order valence-electron chi connectivity index (χ1n) is 8.91. The maximum absolute atomic E-state index is 12.1. The lowest BCUT2D eigenvalue weighted by atomic mass is 9.96. The van der Waals surface area contributed by atoms with Gasteiger partial charge in [0.1, 0.15) is 5.58 Å². The third kappa shape index (κ3) is 2.94. The number of rotatable bonds is 3. The Morgan fingerprint density at radius 2 is 2.04 bits per heavy atom. The van der Waals surface area contributed by atoms with Gasteiger partial charge in [-0.25, -0.2) is 4.79 Å². The van der Waals surface area contributed by atoms with Gasteiger partial charge in [-0.1, -0.05) is 6.92 Å². The van der Waals surface area contributed by atoms with Gasteiger partial charge in [0.15, 0.2) is 0 Å². The minimum Gasteiger partial charge on any atom is -0.423 e. The third-order valence-electron chi connectivity index (χ3n) is 5.41. The summed E-state index contributed by atoms with van der Waals surface area (Å²) in [6, 6.07) is 8.52. The van der Waals surface area contributed by atoms with Crippen molar-refractivity contribution in [2.45, 2.75) is 46.2 Å². The molecule has 0 N–H and O–H groups in total. The molecule has 0 saturated heterocycles. The zero-order valence-electron chi connectivity index (χ0n) is 15.0. The van der Waals surface area contributed by atoms with E-state index >= 15 is 0 Å². The molecule has 1 aliphatic heterocycles. The van der Waals surface area contributed by atoms with Gasteiger partial charge in [0.05, 0.1) is 0 Å². The average molecular weight is 353 g/mol. The smallest absolute Gasteiger partial charge is 0.336 e. The van der Waals surface area contributed by atoms with Crippen LogP contribution < -0.4 is 5.63 Å². The van der Waals surface area contributed by atoms with Crippen LogP contribution in [0.15, 0.2) is 38.9 Å². The van der Waals surface area contributed by atoms with E-state index in [-0.39, 0.29) is 5.63 Å². The van der Waals surface area contributed by atoms with E-state index in [1.807, 2.05) is 17.4 Å². The van der Waals surface area contributed by atoms with E-state index in [0.29, 0.717) is 11.6 Å². The van der Waals surface area contributed by atoms with Gasteiger partial charge >= 0.3 is 5.63 Å². The molecule has 0 fully saturated rings. The van der Waals surface area contributed by atoms with Crippen molar-refractivity contribution in [1.29, 1.82) is 0 Å². The van der Waals surface area contributed by atoms with Crippen LogP contribution >= 0.6 is 11.3 Å². The van der Waals surface area contributed by atoms with Crippen LogP contribution in [0.25, 0.3) is 11.0 Å². The maximum atomic E-state index is 12.1. The molecular weight excluding hydrogens is 330 g/mol. The molecule has 1 aromatic carbocycles. The third-order valence-corrected chi connectivity index (χ3v) is 6.41. The monoisotopic (exact) mass is 353 g/mol. The van der Waals surface area contributed by atoms with Crippen LogP contribution in [0.4, 0.5) is 0 Å². The molecule has 3 aromatic rings. The van der Waals surface area contributed by atoms with Crippen LogP contribution in [0.5, 0.6) is 0 Å². The fourth-order valence-corrected chi connectivity index (χ4v) is 4.88. The molecule has 3 nitrogen and oxygen atoms in total. The van der Waals surface area contributed by atoms with Crippen LogP contribution in [0.2, 0.25) is 0 Å². The van der Waals surface area contributed by atoms with Crippen LogP contribution in [0.3, 0.4) is 0 Å². The Kier molecular flexibility index (Phi) is 4.26. The summed E-state index contributed by atoms with van der Waals surface area (Å²) in [6.45, 7) is 8.24. The predicted molar refractivity (Wildman–Crippen MR) is 103 cm³/mol. The van der Waals surface area contributed by atoms with Crippen molar-refractivity contribution in [3.8, 4) is 0 Å². The molecule has 0 unspecified atom stereocenters. The molecule has 130 valence electrons. The molecule has 4 rings (SSSR count). The number of hydrogen-bond acceptors (Lipinski definition) is 4. The molecule has 1 atom stereocenters. The first-order chi connectivity index (χ1) is 12.1. The zero-order chi connectivity index (χ0) is 17.6. The molecule has 0 spiro atoms. The highest BCUT2D eigenvalue weighted by atomic mass is 32.1. The van der Waals surface area contributed by atoms with Gasteiger partial charge in [-0.15, -0.1) is 11.3 Å². The summed E-state index contributed by atoms with van der Waals surface area (Å²) in [5, 5.41) is 3.27. The lowest BCUT2D eigenvalue weighted by Crippen LogP contribution is -2.34. The largest absolute Gasteiger partial charge is 0.423 e. The van der Waals surface area contributed by atoms with E-state index in [0.717, 1.165) is 42.4 Å². The summed E-state index contributed by atoms with van der Waals surface area (Å²) >= 11 is 1.87. The predicted octanol–water partition coefficient (Wildman–Crippen LogP) is 4.98. The molecule has 4 heteroatoms. The Bertz CT molecular complexity index is 985. The van der Waals surface area contributed by atoms with Crippen molar-refractivity contribution in [3.63, 3.8) is 0 Å². The number of nitrogens with zero attached hydrogens (tertiary/aromatic N) is 1. The number of aryl methyl sites for hydroxylation is 2. The maximum Gasteiger partial charge on any atom is 0.336 e. The molecule has 3 heterocycles. The van der Waals surface area contributed by atoms with Gasteiger partial charge in [-0.2, -0.15) is 0 Å². The van der Waals surface area contributed by atoms with Gasteiger partial charge in [-0.05, 0) is 72.5 Å². The lowest BCUT2D eigenvalue weighted by molar-refractivity contribution is 0.173. The summed E-state index contributed by atoms with van der Waals surface area (Å²) in [7, 11) is 0. The van der Waals surface area contributed by atoms with Crippen molar-refractivity contribution in [1.82, 2.24) is 4.90 Å². The van der Waals surface area contributed by atoms with Crippen LogP contribution in [-0.4, -0.2) is 11.4 Å². The minimum atomic E-state index is -0.257. The highest BCUT2D eigenvalue weighted by Crippen LogP contribution is 2.36. The van der Waals surface area contributed by atoms with Crippen molar-refractivity contribution < 1.29 is 4.42 Å². The Morgan fingerprint density at radius 1 is 1.24 bits per heavy atom. The van der Waals surface area contributed by atoms with E-state index in [9.17, 15) is 4.79 Å². The van der Waals surface area contributed by atoms with E-state index in [1.54, 1.807) is 6.07 Å². The molecule has 0 bridgehead atoms. The molecule has 1 aliphatic rings. The highest BCUT2D eigenvalue weighted by molar-refractivity contribution is 7.10. The summed E-state index contributed by atoms with van der Waals surface area (Å²) in [5.74, 6) is 0.